The number of carbonyl (C=O) groups excluding carboxylic acids is 1. The van der Waals surface area contributed by atoms with E-state index in [4.69, 9.17) is 4.74 Å². The molecular formula is C15H22N2O2. The number of carbonyl (C=O) groups is 1. The van der Waals surface area contributed by atoms with Crippen molar-refractivity contribution < 1.29 is 9.53 Å². The van der Waals surface area contributed by atoms with Gasteiger partial charge in [-0.05, 0) is 30.9 Å². The van der Waals surface area contributed by atoms with E-state index in [1.165, 1.54) is 0 Å². The van der Waals surface area contributed by atoms with Crippen LogP contribution >= 0.6 is 0 Å². The SMILES string of the molecule is Cc1cccnc1C(=O)NC[C@H]1CCO[C@@H]1C(C)C. The second-order valence-corrected chi connectivity index (χ2v) is 5.51. The molecule has 0 aromatic carbocycles. The van der Waals surface area contributed by atoms with Gasteiger partial charge in [-0.2, -0.15) is 0 Å². The van der Waals surface area contributed by atoms with Crippen LogP contribution in [0.25, 0.3) is 0 Å². The quantitative estimate of drug-likeness (QED) is 0.905. The topological polar surface area (TPSA) is 51.2 Å². The van der Waals surface area contributed by atoms with Crippen LogP contribution in [0.2, 0.25) is 0 Å². The second kappa shape index (κ2) is 6.15. The van der Waals surface area contributed by atoms with Gasteiger partial charge in [0.1, 0.15) is 5.69 Å². The van der Waals surface area contributed by atoms with E-state index in [0.717, 1.165) is 18.6 Å². The van der Waals surface area contributed by atoms with Gasteiger partial charge >= 0.3 is 0 Å². The Labute approximate surface area is 114 Å². The number of rotatable bonds is 4. The lowest BCUT2D eigenvalue weighted by Gasteiger charge is -2.22. The van der Waals surface area contributed by atoms with Crippen molar-refractivity contribution in [1.82, 2.24) is 10.3 Å². The van der Waals surface area contributed by atoms with Gasteiger partial charge in [-0.1, -0.05) is 19.9 Å². The summed E-state index contributed by atoms with van der Waals surface area (Å²) in [6, 6.07) is 3.74. The molecule has 1 aliphatic rings. The summed E-state index contributed by atoms with van der Waals surface area (Å²) in [6.07, 6.45) is 2.92. The molecule has 104 valence electrons. The molecule has 19 heavy (non-hydrogen) atoms. The number of hydrogen-bond acceptors (Lipinski definition) is 3. The van der Waals surface area contributed by atoms with Crippen molar-refractivity contribution in [3.63, 3.8) is 0 Å². The number of aromatic nitrogens is 1. The molecule has 2 rings (SSSR count). The molecule has 0 aliphatic carbocycles. The lowest BCUT2D eigenvalue weighted by atomic mass is 9.93. The van der Waals surface area contributed by atoms with Gasteiger partial charge in [-0.3, -0.25) is 9.78 Å². The normalized spacial score (nSPS) is 22.7. The van der Waals surface area contributed by atoms with Crippen LogP contribution in [0.15, 0.2) is 18.3 Å². The first-order chi connectivity index (χ1) is 9.09. The van der Waals surface area contributed by atoms with Crippen LogP contribution in [-0.4, -0.2) is 30.1 Å². The molecule has 0 unspecified atom stereocenters. The summed E-state index contributed by atoms with van der Waals surface area (Å²) in [5.74, 6) is 0.807. The molecule has 0 spiro atoms. The molecule has 1 N–H and O–H groups in total. The lowest BCUT2D eigenvalue weighted by Crippen LogP contribution is -2.35. The maximum atomic E-state index is 12.1. The zero-order valence-electron chi connectivity index (χ0n) is 11.8. The Balaban J connectivity index is 1.92. The Morgan fingerprint density at radius 3 is 3.05 bits per heavy atom. The summed E-state index contributed by atoms with van der Waals surface area (Å²) in [5, 5.41) is 2.99. The monoisotopic (exact) mass is 262 g/mol. The maximum Gasteiger partial charge on any atom is 0.270 e. The molecule has 1 aliphatic heterocycles. The lowest BCUT2D eigenvalue weighted by molar-refractivity contribution is 0.0533. The first kappa shape index (κ1) is 14.0. The van der Waals surface area contributed by atoms with Crippen molar-refractivity contribution >= 4 is 5.91 Å². The van der Waals surface area contributed by atoms with Crippen molar-refractivity contribution in [3.8, 4) is 0 Å². The molecule has 0 bridgehead atoms. The second-order valence-electron chi connectivity index (χ2n) is 5.51. The molecule has 4 heteroatoms. The number of hydrogen-bond donors (Lipinski definition) is 1. The Morgan fingerprint density at radius 2 is 2.37 bits per heavy atom. The summed E-state index contributed by atoms with van der Waals surface area (Å²) >= 11 is 0. The van der Waals surface area contributed by atoms with Crippen LogP contribution < -0.4 is 5.32 Å². The Hall–Kier alpha value is -1.42. The zero-order valence-corrected chi connectivity index (χ0v) is 11.8. The highest BCUT2D eigenvalue weighted by Gasteiger charge is 2.30. The molecule has 1 saturated heterocycles. The van der Waals surface area contributed by atoms with E-state index >= 15 is 0 Å². The van der Waals surface area contributed by atoms with E-state index in [2.05, 4.69) is 24.1 Å². The highest BCUT2D eigenvalue weighted by molar-refractivity contribution is 5.93. The third-order valence-corrected chi connectivity index (χ3v) is 3.67. The maximum absolute atomic E-state index is 12.1. The van der Waals surface area contributed by atoms with Crippen LogP contribution in [0, 0.1) is 18.8 Å². The van der Waals surface area contributed by atoms with Crippen molar-refractivity contribution in [2.75, 3.05) is 13.2 Å². The zero-order chi connectivity index (χ0) is 13.8. The van der Waals surface area contributed by atoms with E-state index < -0.39 is 0 Å². The fourth-order valence-corrected chi connectivity index (χ4v) is 2.64. The minimum Gasteiger partial charge on any atom is -0.378 e. The van der Waals surface area contributed by atoms with Gasteiger partial charge in [0.15, 0.2) is 0 Å². The minimum atomic E-state index is -0.0903. The number of nitrogens with zero attached hydrogens (tertiary/aromatic N) is 1. The van der Waals surface area contributed by atoms with Crippen LogP contribution in [0.1, 0.15) is 36.3 Å². The largest absolute Gasteiger partial charge is 0.378 e. The molecule has 1 aromatic rings. The van der Waals surface area contributed by atoms with Crippen molar-refractivity contribution in [2.24, 2.45) is 11.8 Å². The fraction of sp³-hybridized carbons (Fsp3) is 0.600. The van der Waals surface area contributed by atoms with Crippen LogP contribution in [0.4, 0.5) is 0 Å². The number of nitrogens with one attached hydrogen (secondary N) is 1. The summed E-state index contributed by atoms with van der Waals surface area (Å²) in [5.41, 5.74) is 1.42. The molecule has 0 saturated carbocycles. The van der Waals surface area contributed by atoms with Crippen molar-refractivity contribution in [1.29, 1.82) is 0 Å². The highest BCUT2D eigenvalue weighted by atomic mass is 16.5. The molecule has 2 atom stereocenters. The first-order valence-electron chi connectivity index (χ1n) is 6.91. The predicted octanol–water partition coefficient (Wildman–Crippen LogP) is 2.18. The van der Waals surface area contributed by atoms with Crippen LogP contribution in [0.3, 0.4) is 0 Å². The van der Waals surface area contributed by atoms with Gasteiger partial charge in [-0.15, -0.1) is 0 Å². The van der Waals surface area contributed by atoms with E-state index in [1.54, 1.807) is 6.20 Å². The molecule has 2 heterocycles. The van der Waals surface area contributed by atoms with Gasteiger partial charge in [0, 0.05) is 25.3 Å². The molecule has 1 aromatic heterocycles. The van der Waals surface area contributed by atoms with Crippen molar-refractivity contribution in [2.45, 2.75) is 33.3 Å². The van der Waals surface area contributed by atoms with Gasteiger partial charge in [0.05, 0.1) is 6.10 Å². The van der Waals surface area contributed by atoms with E-state index in [0.29, 0.717) is 24.1 Å². The number of ether oxygens (including phenoxy) is 1. The van der Waals surface area contributed by atoms with Crippen LogP contribution in [0.5, 0.6) is 0 Å². The summed E-state index contributed by atoms with van der Waals surface area (Å²) in [6.45, 7) is 7.68. The number of pyridine rings is 1. The fourth-order valence-electron chi connectivity index (χ4n) is 2.64. The molecule has 0 radical (unpaired) electrons. The summed E-state index contributed by atoms with van der Waals surface area (Å²) in [7, 11) is 0. The average Bonchev–Trinajstić information content (AvgIpc) is 2.85. The molecule has 1 amide bonds. The van der Waals surface area contributed by atoms with Gasteiger partial charge in [0.25, 0.3) is 5.91 Å². The van der Waals surface area contributed by atoms with Crippen molar-refractivity contribution in [3.05, 3.63) is 29.6 Å². The van der Waals surface area contributed by atoms with E-state index in [9.17, 15) is 4.79 Å². The number of amides is 1. The van der Waals surface area contributed by atoms with E-state index in [-0.39, 0.29) is 12.0 Å². The smallest absolute Gasteiger partial charge is 0.270 e. The minimum absolute atomic E-state index is 0.0903. The van der Waals surface area contributed by atoms with Crippen LogP contribution in [-0.2, 0) is 4.74 Å². The molecular weight excluding hydrogens is 240 g/mol. The van der Waals surface area contributed by atoms with Gasteiger partial charge in [-0.25, -0.2) is 0 Å². The molecule has 4 nitrogen and oxygen atoms in total. The Morgan fingerprint density at radius 1 is 1.58 bits per heavy atom. The average molecular weight is 262 g/mol. The van der Waals surface area contributed by atoms with Gasteiger partial charge < -0.3 is 10.1 Å². The first-order valence-corrected chi connectivity index (χ1v) is 6.91. The third-order valence-electron chi connectivity index (χ3n) is 3.67. The standard InChI is InChI=1S/C15H22N2O2/c1-10(2)14-12(6-8-19-14)9-17-15(18)13-11(3)5-4-7-16-13/h4-5,7,10,12,14H,6,8-9H2,1-3H3,(H,17,18)/t12-,14-/m1/s1. The summed E-state index contributed by atoms with van der Waals surface area (Å²) in [4.78, 5) is 16.2. The Kier molecular flexibility index (Phi) is 4.53. The number of aryl methyl sites for hydroxylation is 1. The summed E-state index contributed by atoms with van der Waals surface area (Å²) < 4.78 is 5.72. The predicted molar refractivity (Wildman–Crippen MR) is 74.0 cm³/mol. The highest BCUT2D eigenvalue weighted by Crippen LogP contribution is 2.26. The van der Waals surface area contributed by atoms with E-state index in [1.807, 2.05) is 19.1 Å². The third kappa shape index (κ3) is 3.32. The molecule has 1 fully saturated rings. The Bertz CT molecular complexity index is 446. The van der Waals surface area contributed by atoms with Gasteiger partial charge in [0.2, 0.25) is 0 Å².